The molecule has 1 aromatic rings. The molecular weight excluding hydrogens is 242 g/mol. The summed E-state index contributed by atoms with van der Waals surface area (Å²) in [7, 11) is 0. The Morgan fingerprint density at radius 3 is 2.89 bits per heavy atom. The van der Waals surface area contributed by atoms with Gasteiger partial charge in [-0.05, 0) is 37.8 Å². The van der Waals surface area contributed by atoms with Gasteiger partial charge in [-0.25, -0.2) is 0 Å². The van der Waals surface area contributed by atoms with Gasteiger partial charge in [-0.1, -0.05) is 0 Å². The number of fused-ring (bicyclic) bond motifs is 1. The molecule has 4 nitrogen and oxygen atoms in total. The van der Waals surface area contributed by atoms with Crippen molar-refractivity contribution in [2.75, 3.05) is 19.8 Å². The average Bonchev–Trinajstić information content (AvgIpc) is 2.82. The number of benzene rings is 1. The van der Waals surface area contributed by atoms with Crippen LogP contribution in [0.4, 0.5) is 0 Å². The first-order valence-electron chi connectivity index (χ1n) is 7.03. The van der Waals surface area contributed by atoms with E-state index in [1.165, 1.54) is 0 Å². The van der Waals surface area contributed by atoms with Crippen LogP contribution < -0.4 is 10.1 Å². The smallest absolute Gasteiger partial charge is 0.127 e. The summed E-state index contributed by atoms with van der Waals surface area (Å²) in [6, 6.07) is 6.05. The summed E-state index contributed by atoms with van der Waals surface area (Å²) >= 11 is 0. The minimum Gasteiger partial charge on any atom is -0.508 e. The summed E-state index contributed by atoms with van der Waals surface area (Å²) in [5, 5.41) is 13.1. The first kappa shape index (κ1) is 12.8. The zero-order valence-electron chi connectivity index (χ0n) is 11.3. The second-order valence-corrected chi connectivity index (χ2v) is 5.49. The second kappa shape index (κ2) is 5.39. The lowest BCUT2D eigenvalue weighted by Crippen LogP contribution is -2.39. The van der Waals surface area contributed by atoms with Crippen molar-refractivity contribution in [3.63, 3.8) is 0 Å². The molecule has 0 amide bonds. The number of ether oxygens (including phenoxy) is 2. The van der Waals surface area contributed by atoms with Crippen LogP contribution in [-0.2, 0) is 4.74 Å². The van der Waals surface area contributed by atoms with E-state index in [0.717, 1.165) is 37.4 Å². The van der Waals surface area contributed by atoms with Crippen LogP contribution in [0, 0.1) is 5.92 Å². The molecule has 1 fully saturated rings. The molecule has 0 radical (unpaired) electrons. The third-order valence-electron chi connectivity index (χ3n) is 4.22. The number of phenols is 1. The Balaban J connectivity index is 1.65. The fraction of sp³-hybridized carbons (Fsp3) is 0.600. The van der Waals surface area contributed by atoms with Gasteiger partial charge in [0.1, 0.15) is 18.1 Å². The maximum Gasteiger partial charge on any atom is 0.127 e. The highest BCUT2D eigenvalue weighted by Gasteiger charge is 2.28. The Morgan fingerprint density at radius 1 is 1.32 bits per heavy atom. The summed E-state index contributed by atoms with van der Waals surface area (Å²) in [5.74, 6) is 1.74. The van der Waals surface area contributed by atoms with Crippen molar-refractivity contribution in [1.82, 2.24) is 5.32 Å². The van der Waals surface area contributed by atoms with Gasteiger partial charge in [0.2, 0.25) is 0 Å². The Bertz CT molecular complexity index is 443. The Labute approximate surface area is 113 Å². The zero-order valence-corrected chi connectivity index (χ0v) is 11.3. The minimum absolute atomic E-state index is 0.230. The molecule has 0 bridgehead atoms. The molecule has 2 aliphatic heterocycles. The molecule has 3 rings (SSSR count). The number of hydrogen-bond donors (Lipinski definition) is 2. The van der Waals surface area contributed by atoms with Crippen molar-refractivity contribution in [2.45, 2.75) is 31.8 Å². The molecule has 0 aromatic heterocycles. The predicted molar refractivity (Wildman–Crippen MR) is 72.5 cm³/mol. The summed E-state index contributed by atoms with van der Waals surface area (Å²) in [6.07, 6.45) is 2.26. The number of phenolic OH excluding ortho intramolecular Hbond substituents is 1. The minimum atomic E-state index is 0.230. The first-order chi connectivity index (χ1) is 9.24. The van der Waals surface area contributed by atoms with Crippen molar-refractivity contribution >= 4 is 0 Å². The van der Waals surface area contributed by atoms with E-state index >= 15 is 0 Å². The van der Waals surface area contributed by atoms with E-state index in [4.69, 9.17) is 9.47 Å². The lowest BCUT2D eigenvalue weighted by molar-refractivity contribution is 0.0539. The molecule has 2 atom stereocenters. The fourth-order valence-electron chi connectivity index (χ4n) is 3.01. The van der Waals surface area contributed by atoms with Crippen LogP contribution in [0.3, 0.4) is 0 Å². The van der Waals surface area contributed by atoms with E-state index in [-0.39, 0.29) is 11.8 Å². The van der Waals surface area contributed by atoms with Crippen LogP contribution in [-0.4, -0.2) is 31.0 Å². The van der Waals surface area contributed by atoms with Crippen LogP contribution in [0.5, 0.6) is 11.5 Å². The molecule has 1 aromatic carbocycles. The van der Waals surface area contributed by atoms with Crippen molar-refractivity contribution in [3.05, 3.63) is 23.8 Å². The zero-order chi connectivity index (χ0) is 13.2. The Morgan fingerprint density at radius 2 is 2.11 bits per heavy atom. The lowest BCUT2D eigenvalue weighted by atomic mass is 9.92. The average molecular weight is 263 g/mol. The van der Waals surface area contributed by atoms with Gasteiger partial charge in [-0.2, -0.15) is 0 Å². The van der Waals surface area contributed by atoms with E-state index < -0.39 is 0 Å². The summed E-state index contributed by atoms with van der Waals surface area (Å²) in [6.45, 7) is 4.64. The summed E-state index contributed by atoms with van der Waals surface area (Å²) < 4.78 is 11.0. The molecule has 104 valence electrons. The standard InChI is InChI=1S/C15H21NO3/c1-10(11-4-6-18-7-5-11)16-14-9-19-15-8-12(17)2-3-13(14)15/h2-3,8,10-11,14,16-17H,4-7,9H2,1H3. The van der Waals surface area contributed by atoms with Gasteiger partial charge in [0, 0.05) is 30.9 Å². The van der Waals surface area contributed by atoms with Gasteiger partial charge < -0.3 is 19.9 Å². The highest BCUT2D eigenvalue weighted by Crippen LogP contribution is 2.35. The monoisotopic (exact) mass is 263 g/mol. The topological polar surface area (TPSA) is 50.7 Å². The molecule has 0 aliphatic carbocycles. The normalized spacial score (nSPS) is 24.8. The third kappa shape index (κ3) is 2.69. The molecular formula is C15H21NO3. The first-order valence-corrected chi connectivity index (χ1v) is 7.03. The second-order valence-electron chi connectivity index (χ2n) is 5.49. The van der Waals surface area contributed by atoms with E-state index in [0.29, 0.717) is 18.6 Å². The quantitative estimate of drug-likeness (QED) is 0.878. The molecule has 0 saturated carbocycles. The van der Waals surface area contributed by atoms with Gasteiger partial charge >= 0.3 is 0 Å². The maximum atomic E-state index is 9.45. The fourth-order valence-corrected chi connectivity index (χ4v) is 3.01. The highest BCUT2D eigenvalue weighted by atomic mass is 16.5. The number of nitrogens with one attached hydrogen (secondary N) is 1. The van der Waals surface area contributed by atoms with Crippen LogP contribution in [0.25, 0.3) is 0 Å². The summed E-state index contributed by atoms with van der Waals surface area (Å²) in [4.78, 5) is 0. The largest absolute Gasteiger partial charge is 0.508 e. The van der Waals surface area contributed by atoms with Crippen molar-refractivity contribution < 1.29 is 14.6 Å². The van der Waals surface area contributed by atoms with E-state index in [2.05, 4.69) is 12.2 Å². The van der Waals surface area contributed by atoms with Crippen LogP contribution in [0.15, 0.2) is 18.2 Å². The molecule has 2 unspecified atom stereocenters. The molecule has 0 spiro atoms. The van der Waals surface area contributed by atoms with Gasteiger partial charge in [0.25, 0.3) is 0 Å². The molecule has 2 aliphatic rings. The highest BCUT2D eigenvalue weighted by molar-refractivity contribution is 5.44. The number of rotatable bonds is 3. The Kier molecular flexibility index (Phi) is 3.62. The number of aromatic hydroxyl groups is 1. The molecule has 19 heavy (non-hydrogen) atoms. The molecule has 2 heterocycles. The van der Waals surface area contributed by atoms with Gasteiger partial charge in [-0.3, -0.25) is 0 Å². The van der Waals surface area contributed by atoms with E-state index in [1.54, 1.807) is 12.1 Å². The SMILES string of the molecule is CC(NC1COc2cc(O)ccc21)C1CCOCC1. The third-order valence-corrected chi connectivity index (χ3v) is 4.22. The van der Waals surface area contributed by atoms with E-state index in [1.807, 2.05) is 6.07 Å². The van der Waals surface area contributed by atoms with Crippen LogP contribution >= 0.6 is 0 Å². The summed E-state index contributed by atoms with van der Waals surface area (Å²) in [5.41, 5.74) is 1.15. The van der Waals surface area contributed by atoms with Crippen LogP contribution in [0.2, 0.25) is 0 Å². The van der Waals surface area contributed by atoms with Crippen molar-refractivity contribution in [1.29, 1.82) is 0 Å². The van der Waals surface area contributed by atoms with E-state index in [9.17, 15) is 5.11 Å². The molecule has 2 N–H and O–H groups in total. The van der Waals surface area contributed by atoms with Gasteiger partial charge in [-0.15, -0.1) is 0 Å². The molecule has 4 heteroatoms. The van der Waals surface area contributed by atoms with Crippen LogP contribution in [0.1, 0.15) is 31.4 Å². The Hall–Kier alpha value is -1.26. The van der Waals surface area contributed by atoms with Gasteiger partial charge in [0.15, 0.2) is 0 Å². The van der Waals surface area contributed by atoms with Gasteiger partial charge in [0.05, 0.1) is 6.04 Å². The lowest BCUT2D eigenvalue weighted by Gasteiger charge is -2.30. The van der Waals surface area contributed by atoms with Crippen molar-refractivity contribution in [3.8, 4) is 11.5 Å². The molecule has 1 saturated heterocycles. The van der Waals surface area contributed by atoms with Crippen molar-refractivity contribution in [2.24, 2.45) is 5.92 Å². The predicted octanol–water partition coefficient (Wildman–Crippen LogP) is 2.23. The number of hydrogen-bond acceptors (Lipinski definition) is 4. The maximum absolute atomic E-state index is 9.45.